The molecule has 1 amide bonds. The Labute approximate surface area is 300 Å². The number of halogens is 2. The van der Waals surface area contributed by atoms with Gasteiger partial charge in [0.15, 0.2) is 0 Å². The second kappa shape index (κ2) is 11.8. The smallest absolute Gasteiger partial charge is 0.339 e. The fraction of sp³-hybridized carbons (Fsp3) is 0.690. The number of nitrogens with zero attached hydrogens (tertiary/aromatic N) is 2. The van der Waals surface area contributed by atoms with E-state index in [4.69, 9.17) is 9.47 Å². The molecule has 6 fully saturated rings. The molecule has 12 unspecified atom stereocenters. The van der Waals surface area contributed by atoms with Crippen molar-refractivity contribution in [1.82, 2.24) is 9.88 Å². The van der Waals surface area contributed by atoms with Gasteiger partial charge in [-0.05, 0) is 121 Å². The molecule has 7 nitrogen and oxygen atoms in total. The maximum atomic E-state index is 14.0. The lowest BCUT2D eigenvalue weighted by atomic mass is 9.41. The van der Waals surface area contributed by atoms with Crippen molar-refractivity contribution in [1.29, 1.82) is 0 Å². The van der Waals surface area contributed by atoms with Crippen molar-refractivity contribution in [3.05, 3.63) is 65.5 Å². The number of rotatable bonds is 6. The molecule has 1 aromatic heterocycles. The van der Waals surface area contributed by atoms with Crippen molar-refractivity contribution >= 4 is 11.9 Å². The van der Waals surface area contributed by atoms with Crippen LogP contribution < -0.4 is 0 Å². The summed E-state index contributed by atoms with van der Waals surface area (Å²) < 4.78 is 41.1. The van der Waals surface area contributed by atoms with Crippen molar-refractivity contribution in [3.8, 4) is 0 Å². The quantitative estimate of drug-likeness (QED) is 0.310. The lowest BCUT2D eigenvalue weighted by molar-refractivity contribution is -0.183. The number of pyridine rings is 1. The van der Waals surface area contributed by atoms with Crippen LogP contribution in [0.2, 0.25) is 0 Å². The number of fused-ring (bicyclic) bond motifs is 4. The van der Waals surface area contributed by atoms with Gasteiger partial charge in [-0.3, -0.25) is 9.78 Å². The van der Waals surface area contributed by atoms with E-state index in [2.05, 4.69) is 39.6 Å². The average molecular weight is 705 g/mol. The van der Waals surface area contributed by atoms with Crippen LogP contribution in [-0.4, -0.2) is 57.8 Å². The van der Waals surface area contributed by atoms with Gasteiger partial charge in [0.2, 0.25) is 5.91 Å². The van der Waals surface area contributed by atoms with Gasteiger partial charge in [-0.15, -0.1) is 0 Å². The Morgan fingerprint density at radius 2 is 1.73 bits per heavy atom. The molecule has 9 heteroatoms. The van der Waals surface area contributed by atoms with Crippen LogP contribution in [-0.2, 0) is 20.8 Å². The zero-order valence-corrected chi connectivity index (χ0v) is 31.0. The fourth-order valence-electron chi connectivity index (χ4n) is 13.9. The third kappa shape index (κ3) is 4.95. The van der Waals surface area contributed by atoms with Crippen LogP contribution in [0.1, 0.15) is 109 Å². The summed E-state index contributed by atoms with van der Waals surface area (Å²) in [6, 6.07) is 6.90. The lowest BCUT2D eigenvalue weighted by Crippen LogP contribution is -2.60. The predicted molar refractivity (Wildman–Crippen MR) is 187 cm³/mol. The SMILES string of the molecule is CC(=O)N(Cc1cc(F)cc(F)c1)CC1CC(C)C2C(O1)C(O)C1(C)C3CCC4C(C)(C)C(OC(=O)c5cccnc5)CCC45CC35CCC21C. The molecule has 0 bridgehead atoms. The summed E-state index contributed by atoms with van der Waals surface area (Å²) in [7, 11) is 0. The van der Waals surface area contributed by atoms with Gasteiger partial charge in [0, 0.05) is 49.3 Å². The van der Waals surface area contributed by atoms with Gasteiger partial charge in [0.05, 0.1) is 23.9 Å². The van der Waals surface area contributed by atoms with Crippen LogP contribution in [0.4, 0.5) is 8.78 Å². The number of benzene rings is 1. The maximum Gasteiger partial charge on any atom is 0.339 e. The largest absolute Gasteiger partial charge is 0.458 e. The number of aromatic nitrogens is 1. The molecular weight excluding hydrogens is 650 g/mol. The predicted octanol–water partition coefficient (Wildman–Crippen LogP) is 7.75. The van der Waals surface area contributed by atoms with E-state index in [1.54, 1.807) is 29.4 Å². The van der Waals surface area contributed by atoms with E-state index in [1.807, 2.05) is 0 Å². The molecule has 51 heavy (non-hydrogen) atoms. The molecule has 0 radical (unpaired) electrons. The molecule has 1 saturated heterocycles. The van der Waals surface area contributed by atoms with E-state index < -0.39 is 17.7 Å². The molecule has 2 aromatic rings. The lowest BCUT2D eigenvalue weighted by Gasteiger charge is -2.63. The number of esters is 1. The Bertz CT molecular complexity index is 1700. The van der Waals surface area contributed by atoms with E-state index in [0.717, 1.165) is 51.0 Å². The van der Waals surface area contributed by atoms with E-state index >= 15 is 0 Å². The van der Waals surface area contributed by atoms with Crippen molar-refractivity contribution < 1.29 is 33.0 Å². The molecule has 1 aromatic carbocycles. The molecule has 2 spiro atoms. The zero-order valence-electron chi connectivity index (χ0n) is 31.0. The number of aliphatic hydroxyl groups is 1. The Morgan fingerprint density at radius 1 is 1.02 bits per heavy atom. The first kappa shape index (κ1) is 35.1. The molecule has 2 heterocycles. The van der Waals surface area contributed by atoms with Crippen molar-refractivity contribution in [2.24, 2.45) is 50.7 Å². The van der Waals surface area contributed by atoms with Crippen molar-refractivity contribution in [3.63, 3.8) is 0 Å². The van der Waals surface area contributed by atoms with Crippen LogP contribution >= 0.6 is 0 Å². The highest BCUT2D eigenvalue weighted by molar-refractivity contribution is 5.89. The number of carbonyl (C=O) groups excluding carboxylic acids is 2. The van der Waals surface area contributed by atoms with Crippen LogP contribution in [0, 0.1) is 62.4 Å². The topological polar surface area (TPSA) is 89.0 Å². The van der Waals surface area contributed by atoms with Crippen LogP contribution in [0.15, 0.2) is 42.7 Å². The van der Waals surface area contributed by atoms with Gasteiger partial charge in [0.1, 0.15) is 17.7 Å². The molecule has 6 aliphatic rings. The third-order valence-electron chi connectivity index (χ3n) is 16.1. The van der Waals surface area contributed by atoms with Crippen molar-refractivity contribution in [2.75, 3.05) is 6.54 Å². The Hall–Kier alpha value is -2.91. The maximum absolute atomic E-state index is 14.0. The minimum absolute atomic E-state index is 0.0953. The second-order valence-corrected chi connectivity index (χ2v) is 18.5. The standard InChI is InChI=1S/C42H54F2N2O5/c1-24-16-30(22-46(25(2)47)21-26-17-28(43)19-29(44)18-26)50-35-34(24)39(5)13-14-42-23-41(42)12-11-33(51-37(49)27-8-7-15-45-20-27)38(3,4)31(41)9-10-32(42)40(39,6)36(35)48/h7-8,15,17-20,24,30-36,48H,9-14,16,21-23H2,1-6H3. The first-order valence-electron chi connectivity index (χ1n) is 19.2. The molecule has 5 saturated carbocycles. The van der Waals surface area contributed by atoms with Gasteiger partial charge >= 0.3 is 5.97 Å². The number of hydrogen-bond donors (Lipinski definition) is 1. The van der Waals surface area contributed by atoms with Gasteiger partial charge in [-0.25, -0.2) is 13.6 Å². The third-order valence-corrected chi connectivity index (χ3v) is 16.1. The van der Waals surface area contributed by atoms with E-state index in [-0.39, 0.29) is 75.6 Å². The molecule has 276 valence electrons. The van der Waals surface area contributed by atoms with Crippen molar-refractivity contribution in [2.45, 2.75) is 124 Å². The molecule has 12 atom stereocenters. The van der Waals surface area contributed by atoms with Gasteiger partial charge in [0.25, 0.3) is 0 Å². The minimum Gasteiger partial charge on any atom is -0.458 e. The summed E-state index contributed by atoms with van der Waals surface area (Å²) in [5, 5.41) is 12.6. The molecule has 8 rings (SSSR count). The number of carbonyl (C=O) groups is 2. The number of hydrogen-bond acceptors (Lipinski definition) is 6. The summed E-state index contributed by atoms with van der Waals surface area (Å²) in [5.74, 6) is -0.519. The monoisotopic (exact) mass is 704 g/mol. The summed E-state index contributed by atoms with van der Waals surface area (Å²) in [5.41, 5.74) is 0.666. The van der Waals surface area contributed by atoms with E-state index in [1.165, 1.54) is 25.5 Å². The second-order valence-electron chi connectivity index (χ2n) is 18.5. The van der Waals surface area contributed by atoms with Gasteiger partial charge < -0.3 is 19.5 Å². The summed E-state index contributed by atoms with van der Waals surface area (Å²) in [4.78, 5) is 31.6. The normalized spacial score (nSPS) is 43.1. The van der Waals surface area contributed by atoms with E-state index in [0.29, 0.717) is 29.5 Å². The number of aliphatic hydroxyl groups excluding tert-OH is 1. The summed E-state index contributed by atoms with van der Waals surface area (Å²) in [6.07, 6.45) is 9.98. The average Bonchev–Trinajstić information content (AvgIpc) is 3.70. The van der Waals surface area contributed by atoms with Gasteiger partial charge in [-0.2, -0.15) is 0 Å². The first-order valence-corrected chi connectivity index (χ1v) is 19.2. The number of ether oxygens (including phenoxy) is 2. The Balaban J connectivity index is 1.02. The van der Waals surface area contributed by atoms with Gasteiger partial charge in [-0.1, -0.05) is 34.6 Å². The van der Waals surface area contributed by atoms with Crippen LogP contribution in [0.25, 0.3) is 0 Å². The fourth-order valence-corrected chi connectivity index (χ4v) is 13.9. The molecule has 5 aliphatic carbocycles. The number of amides is 1. The van der Waals surface area contributed by atoms with E-state index in [9.17, 15) is 23.5 Å². The van der Waals surface area contributed by atoms with Crippen LogP contribution in [0.5, 0.6) is 0 Å². The molecule has 1 N–H and O–H groups in total. The summed E-state index contributed by atoms with van der Waals surface area (Å²) >= 11 is 0. The minimum atomic E-state index is -0.665. The molecular formula is C42H54F2N2O5. The molecule has 1 aliphatic heterocycles. The highest BCUT2D eigenvalue weighted by Crippen LogP contribution is 2.89. The highest BCUT2D eigenvalue weighted by Gasteiger charge is 2.84. The summed E-state index contributed by atoms with van der Waals surface area (Å²) in [6.45, 7) is 13.6. The zero-order chi connectivity index (χ0) is 36.3. The Kier molecular flexibility index (Phi) is 8.13. The van der Waals surface area contributed by atoms with Crippen LogP contribution in [0.3, 0.4) is 0 Å². The first-order chi connectivity index (χ1) is 24.1. The Morgan fingerprint density at radius 3 is 2.41 bits per heavy atom. The highest BCUT2D eigenvalue weighted by atomic mass is 19.1.